The number of nitrogens with zero attached hydrogens (tertiary/aromatic N) is 3. The minimum Gasteiger partial charge on any atom is -0.508 e. The van der Waals surface area contributed by atoms with Crippen LogP contribution in [0.4, 0.5) is 0 Å². The molecule has 13 nitrogen and oxygen atoms in total. The molecule has 1 aliphatic heterocycles. The number of likely N-dealkylation sites (tertiary alicyclic amines) is 1. The number of rotatable bonds is 22. The number of likely N-dealkylation sites (N-methyl/N-ethyl adjacent to an activating group) is 2. The van der Waals surface area contributed by atoms with Gasteiger partial charge in [-0.25, -0.2) is 0 Å². The highest BCUT2D eigenvalue weighted by atomic mass is 16.5. The fraction of sp³-hybridized carbons (Fsp3) is 0.652. The van der Waals surface area contributed by atoms with E-state index in [-0.39, 0.29) is 59.6 Å². The smallest absolute Gasteiger partial charge is 0.245 e. The molecular weight excluding hydrogens is 751 g/mol. The van der Waals surface area contributed by atoms with E-state index >= 15 is 0 Å². The predicted octanol–water partition coefficient (Wildman–Crippen LogP) is 5.15. The van der Waals surface area contributed by atoms with Crippen LogP contribution in [-0.2, 0) is 35.2 Å². The van der Waals surface area contributed by atoms with Gasteiger partial charge >= 0.3 is 0 Å². The van der Waals surface area contributed by atoms with Gasteiger partial charge in [0.15, 0.2) is 0 Å². The van der Waals surface area contributed by atoms with Gasteiger partial charge in [-0.05, 0) is 67.8 Å². The molecule has 4 N–H and O–H groups in total. The minimum absolute atomic E-state index is 0.00707. The van der Waals surface area contributed by atoms with Crippen LogP contribution in [0.25, 0.3) is 0 Å². The number of carbonyl (C=O) groups excluding carboxylic acids is 4. The quantitative estimate of drug-likeness (QED) is 0.126. The number of hydrogen-bond donors (Lipinski definition) is 4. The number of aliphatic hydroxyl groups is 1. The summed E-state index contributed by atoms with van der Waals surface area (Å²) in [5, 5.41) is 26.6. The average molecular weight is 824 g/mol. The van der Waals surface area contributed by atoms with Gasteiger partial charge in [0, 0.05) is 34.4 Å². The van der Waals surface area contributed by atoms with Crippen molar-refractivity contribution in [3.8, 4) is 5.75 Å². The van der Waals surface area contributed by atoms with Crippen molar-refractivity contribution in [3.05, 3.63) is 65.7 Å². The number of methoxy groups -OCH3 is 2. The number of phenols is 1. The van der Waals surface area contributed by atoms with Crippen molar-refractivity contribution < 1.29 is 38.9 Å². The van der Waals surface area contributed by atoms with E-state index in [4.69, 9.17) is 9.47 Å². The second-order valence-corrected chi connectivity index (χ2v) is 17.2. The van der Waals surface area contributed by atoms with Gasteiger partial charge in [-0.15, -0.1) is 0 Å². The first-order valence-corrected chi connectivity index (χ1v) is 21.3. The van der Waals surface area contributed by atoms with Crippen molar-refractivity contribution in [2.45, 2.75) is 136 Å². The van der Waals surface area contributed by atoms with Gasteiger partial charge in [0.1, 0.15) is 11.8 Å². The lowest BCUT2D eigenvalue weighted by molar-refractivity contribution is -0.148. The van der Waals surface area contributed by atoms with E-state index in [1.54, 1.807) is 57.0 Å². The van der Waals surface area contributed by atoms with Gasteiger partial charge in [-0.3, -0.25) is 24.1 Å². The highest BCUT2D eigenvalue weighted by molar-refractivity contribution is 5.90. The summed E-state index contributed by atoms with van der Waals surface area (Å²) in [6.07, 6.45) is -0.00835. The van der Waals surface area contributed by atoms with E-state index in [2.05, 4.69) is 10.6 Å². The number of aliphatic hydroxyl groups excluding tert-OH is 1. The second-order valence-electron chi connectivity index (χ2n) is 17.2. The van der Waals surface area contributed by atoms with E-state index in [0.717, 1.165) is 12.0 Å². The topological polar surface area (TPSA) is 161 Å². The maximum Gasteiger partial charge on any atom is 0.245 e. The molecule has 10 atom stereocenters. The van der Waals surface area contributed by atoms with Crippen LogP contribution < -0.4 is 10.6 Å². The van der Waals surface area contributed by atoms with Gasteiger partial charge in [-0.1, -0.05) is 97.4 Å². The molecule has 2 aromatic rings. The molecule has 3 rings (SSSR count). The number of ether oxygens (including phenoxy) is 2. The van der Waals surface area contributed by atoms with E-state index < -0.39 is 48.4 Å². The highest BCUT2D eigenvalue weighted by Crippen LogP contribution is 2.30. The molecule has 13 heteroatoms. The lowest BCUT2D eigenvalue weighted by Crippen LogP contribution is -2.60. The normalized spacial score (nSPS) is 19.1. The van der Waals surface area contributed by atoms with Gasteiger partial charge in [0.2, 0.25) is 23.6 Å². The first kappa shape index (κ1) is 49.3. The first-order valence-electron chi connectivity index (χ1n) is 21.3. The Morgan fingerprint density at radius 2 is 1.49 bits per heavy atom. The van der Waals surface area contributed by atoms with Crippen molar-refractivity contribution in [2.75, 3.05) is 34.9 Å². The molecule has 330 valence electrons. The molecule has 2 aromatic carbocycles. The maximum absolute atomic E-state index is 14.5. The summed E-state index contributed by atoms with van der Waals surface area (Å²) in [4.78, 5) is 61.7. The number of hydrogen-bond acceptors (Lipinski definition) is 9. The van der Waals surface area contributed by atoms with Crippen molar-refractivity contribution in [1.82, 2.24) is 25.3 Å². The molecule has 59 heavy (non-hydrogen) atoms. The molecule has 0 unspecified atom stereocenters. The molecule has 0 bridgehead atoms. The molecule has 1 heterocycles. The summed E-state index contributed by atoms with van der Waals surface area (Å²) in [5.74, 6) is -1.74. The van der Waals surface area contributed by atoms with Gasteiger partial charge in [0.25, 0.3) is 0 Å². The standard InChI is InChI=1S/C46H73N5O8/c1-13-30(6)41(50(10)46(57)39(28(2)3)48-45(56)40(29(4)5)49(9)27-33-21-23-35(52)24-22-33)37(58-11)26-38(53)51-25-17-20-36(51)43(59-12)31(7)44(55)47-32(8)42(54)34-18-15-14-16-19-34/h14-16,18-19,21-24,28-32,36-37,39-43,52,54H,13,17,20,25-27H2,1-12H3,(H,47,55)(H,48,56)/t30-,31+,32+,36-,37+,39-,40-,41-,42+,43+/m0/s1. The number of phenolic OH excluding ortho intramolecular Hbond substituents is 1. The average Bonchev–Trinajstić information content (AvgIpc) is 3.69. The molecule has 0 aliphatic carbocycles. The lowest BCUT2D eigenvalue weighted by Gasteiger charge is -2.41. The Hall–Kier alpha value is -4.04. The molecule has 0 radical (unpaired) electrons. The Balaban J connectivity index is 1.77. The summed E-state index contributed by atoms with van der Waals surface area (Å²) >= 11 is 0. The number of carbonyl (C=O) groups is 4. The zero-order valence-corrected chi connectivity index (χ0v) is 37.6. The fourth-order valence-electron chi connectivity index (χ4n) is 8.65. The summed E-state index contributed by atoms with van der Waals surface area (Å²) in [5.41, 5.74) is 1.65. The SMILES string of the molecule is CC[C@H](C)[C@@H]([C@@H](CC(=O)N1CCC[C@H]1[C@H](OC)[C@@H](C)C(=O)N[C@H](C)[C@@H](O)c1ccccc1)OC)N(C)C(=O)[C@@H](NC(=O)[C@H](C(C)C)N(C)Cc1ccc(O)cc1)C(C)C. The number of amides is 4. The van der Waals surface area contributed by atoms with Crippen molar-refractivity contribution in [3.63, 3.8) is 0 Å². The number of aromatic hydroxyl groups is 1. The van der Waals surface area contributed by atoms with Gasteiger partial charge < -0.3 is 40.1 Å². The van der Waals surface area contributed by atoms with Gasteiger partial charge in [0.05, 0.1) is 54.8 Å². The summed E-state index contributed by atoms with van der Waals surface area (Å²) in [6, 6.07) is 13.3. The van der Waals surface area contributed by atoms with Crippen LogP contribution in [0.1, 0.15) is 98.3 Å². The molecule has 0 spiro atoms. The third-order valence-corrected chi connectivity index (χ3v) is 12.2. The van der Waals surface area contributed by atoms with Crippen molar-refractivity contribution >= 4 is 23.6 Å². The van der Waals surface area contributed by atoms with E-state index in [1.807, 2.05) is 96.0 Å². The summed E-state index contributed by atoms with van der Waals surface area (Å²) in [7, 11) is 6.71. The molecular formula is C46H73N5O8. The van der Waals surface area contributed by atoms with Crippen LogP contribution in [0.15, 0.2) is 54.6 Å². The molecule has 4 amide bonds. The Kier molecular flexibility index (Phi) is 19.3. The second kappa shape index (κ2) is 23.1. The Bertz CT molecular complexity index is 1620. The summed E-state index contributed by atoms with van der Waals surface area (Å²) < 4.78 is 12.0. The zero-order chi connectivity index (χ0) is 44.1. The molecule has 1 saturated heterocycles. The van der Waals surface area contributed by atoms with Gasteiger partial charge in [-0.2, -0.15) is 0 Å². The monoisotopic (exact) mass is 824 g/mol. The molecule has 1 aliphatic rings. The van der Waals surface area contributed by atoms with Crippen LogP contribution in [0, 0.1) is 23.7 Å². The Morgan fingerprint density at radius 3 is 2.03 bits per heavy atom. The van der Waals surface area contributed by atoms with Crippen molar-refractivity contribution in [1.29, 1.82) is 0 Å². The van der Waals surface area contributed by atoms with E-state index in [9.17, 15) is 29.4 Å². The molecule has 1 fully saturated rings. The van der Waals surface area contributed by atoms with Crippen LogP contribution >= 0.6 is 0 Å². The third kappa shape index (κ3) is 13.0. The number of benzene rings is 2. The minimum atomic E-state index is -0.888. The Labute approximate surface area is 353 Å². The van der Waals surface area contributed by atoms with E-state index in [0.29, 0.717) is 31.5 Å². The van der Waals surface area contributed by atoms with Crippen LogP contribution in [0.3, 0.4) is 0 Å². The fourth-order valence-corrected chi connectivity index (χ4v) is 8.65. The molecule has 0 aromatic heterocycles. The zero-order valence-electron chi connectivity index (χ0n) is 37.6. The maximum atomic E-state index is 14.5. The van der Waals surface area contributed by atoms with Crippen LogP contribution in [-0.4, -0.2) is 126 Å². The van der Waals surface area contributed by atoms with Crippen LogP contribution in [0.2, 0.25) is 0 Å². The summed E-state index contributed by atoms with van der Waals surface area (Å²) in [6.45, 7) is 16.4. The predicted molar refractivity (Wildman–Crippen MR) is 230 cm³/mol. The lowest BCUT2D eigenvalue weighted by atomic mass is 9.89. The highest BCUT2D eigenvalue weighted by Gasteiger charge is 2.43. The largest absolute Gasteiger partial charge is 0.508 e. The third-order valence-electron chi connectivity index (χ3n) is 12.2. The van der Waals surface area contributed by atoms with Crippen molar-refractivity contribution in [2.24, 2.45) is 23.7 Å². The molecule has 0 saturated carbocycles. The van der Waals surface area contributed by atoms with Crippen LogP contribution in [0.5, 0.6) is 5.75 Å². The Morgan fingerprint density at radius 1 is 0.864 bits per heavy atom. The first-order chi connectivity index (χ1) is 27.9. The van der Waals surface area contributed by atoms with E-state index in [1.165, 1.54) is 0 Å². The number of nitrogens with one attached hydrogen (secondary N) is 2.